The predicted molar refractivity (Wildman–Crippen MR) is 109 cm³/mol. The largest absolute Gasteiger partial charge is 0.493 e. The van der Waals surface area contributed by atoms with E-state index in [2.05, 4.69) is 21.6 Å². The van der Waals surface area contributed by atoms with Crippen molar-refractivity contribution in [3.8, 4) is 11.5 Å². The number of thioether (sulfide) groups is 1. The van der Waals surface area contributed by atoms with E-state index < -0.39 is 5.91 Å². The number of methoxy groups -OCH3 is 1. The Hall–Kier alpha value is -1.86. The topological polar surface area (TPSA) is 80.6 Å². The summed E-state index contributed by atoms with van der Waals surface area (Å²) in [5, 5.41) is 0.887. The molecule has 0 saturated carbocycles. The fourth-order valence-corrected chi connectivity index (χ4v) is 5.71. The summed E-state index contributed by atoms with van der Waals surface area (Å²) in [5.41, 5.74) is 7.16. The molecule has 7 heteroatoms. The summed E-state index contributed by atoms with van der Waals surface area (Å²) >= 11 is 2.12. The maximum absolute atomic E-state index is 11.4. The van der Waals surface area contributed by atoms with E-state index in [0.29, 0.717) is 29.2 Å². The van der Waals surface area contributed by atoms with Crippen molar-refractivity contribution in [2.24, 2.45) is 11.1 Å². The molecule has 0 aliphatic carbocycles. The maximum Gasteiger partial charge on any atom is 0.265 e. The van der Waals surface area contributed by atoms with Crippen LogP contribution in [0.1, 0.15) is 29.8 Å². The van der Waals surface area contributed by atoms with Crippen LogP contribution in [0.2, 0.25) is 0 Å². The van der Waals surface area contributed by atoms with Gasteiger partial charge in [0.05, 0.1) is 7.11 Å². The van der Waals surface area contributed by atoms with Gasteiger partial charge in [-0.3, -0.25) is 9.69 Å². The number of piperidine rings is 1. The van der Waals surface area contributed by atoms with E-state index in [1.165, 1.54) is 43.9 Å². The highest BCUT2D eigenvalue weighted by molar-refractivity contribution is 7.99. The number of carbonyl (C=O) groups excluding carboxylic acids is 1. The Morgan fingerprint density at radius 2 is 2.07 bits per heavy atom. The van der Waals surface area contributed by atoms with Gasteiger partial charge >= 0.3 is 0 Å². The molecular formula is C20H27N3O3S. The fraction of sp³-hybridized carbons (Fsp3) is 0.550. The summed E-state index contributed by atoms with van der Waals surface area (Å²) in [6.07, 6.45) is 4.02. The number of aromatic nitrogens is 1. The third-order valence-electron chi connectivity index (χ3n) is 5.94. The third kappa shape index (κ3) is 3.89. The van der Waals surface area contributed by atoms with Gasteiger partial charge in [-0.15, -0.1) is 0 Å². The van der Waals surface area contributed by atoms with Crippen LogP contribution in [0.4, 0.5) is 0 Å². The van der Waals surface area contributed by atoms with E-state index in [1.807, 2.05) is 12.1 Å². The molecule has 0 atom stereocenters. The molecule has 2 fully saturated rings. The van der Waals surface area contributed by atoms with Crippen molar-refractivity contribution < 1.29 is 14.3 Å². The number of likely N-dealkylation sites (tertiary alicyclic amines) is 1. The van der Waals surface area contributed by atoms with Crippen LogP contribution in [0.3, 0.4) is 0 Å². The van der Waals surface area contributed by atoms with Crippen LogP contribution in [0.15, 0.2) is 18.2 Å². The number of ether oxygens (including phenoxy) is 2. The van der Waals surface area contributed by atoms with E-state index >= 15 is 0 Å². The molecule has 0 radical (unpaired) electrons. The number of carbonyl (C=O) groups is 1. The van der Waals surface area contributed by atoms with Gasteiger partial charge in [0.1, 0.15) is 12.3 Å². The van der Waals surface area contributed by atoms with Crippen molar-refractivity contribution >= 4 is 28.6 Å². The second-order valence-corrected chi connectivity index (χ2v) is 8.74. The molecule has 0 bridgehead atoms. The van der Waals surface area contributed by atoms with Crippen LogP contribution in [0, 0.1) is 5.41 Å². The standard InChI is InChI=1S/C20H27N3O3S/c1-25-17-12-15-14(10-16(22-15)19(21)24)11-18(17)26-8-7-23-5-2-20(3-6-23)4-9-27-13-20/h10-12,22H,2-9,13H2,1H3,(H2,21,24). The van der Waals surface area contributed by atoms with Gasteiger partial charge < -0.3 is 20.2 Å². The van der Waals surface area contributed by atoms with Gasteiger partial charge in [-0.1, -0.05) is 0 Å². The molecule has 6 nitrogen and oxygen atoms in total. The van der Waals surface area contributed by atoms with Crippen LogP contribution in [-0.2, 0) is 0 Å². The van der Waals surface area contributed by atoms with Gasteiger partial charge in [0.25, 0.3) is 5.91 Å². The molecule has 2 saturated heterocycles. The first kappa shape index (κ1) is 18.5. The lowest BCUT2D eigenvalue weighted by Crippen LogP contribution is -2.41. The molecule has 1 aromatic heterocycles. The van der Waals surface area contributed by atoms with E-state index in [-0.39, 0.29) is 0 Å². The number of aromatic amines is 1. The van der Waals surface area contributed by atoms with Crippen LogP contribution in [0.5, 0.6) is 11.5 Å². The maximum atomic E-state index is 11.4. The second-order valence-electron chi connectivity index (χ2n) is 7.63. The average molecular weight is 390 g/mol. The van der Waals surface area contributed by atoms with E-state index in [9.17, 15) is 4.79 Å². The number of nitrogens with one attached hydrogen (secondary N) is 1. The number of nitrogens with two attached hydrogens (primary N) is 1. The zero-order valence-electron chi connectivity index (χ0n) is 15.8. The number of primary amides is 1. The van der Waals surface area contributed by atoms with Gasteiger partial charge in [0.15, 0.2) is 11.5 Å². The third-order valence-corrected chi connectivity index (χ3v) is 7.25. The quantitative estimate of drug-likeness (QED) is 0.794. The van der Waals surface area contributed by atoms with Crippen LogP contribution >= 0.6 is 11.8 Å². The first-order valence-corrected chi connectivity index (χ1v) is 10.7. The molecule has 1 amide bonds. The number of rotatable bonds is 6. The van der Waals surface area contributed by atoms with Crippen molar-refractivity contribution in [2.75, 3.05) is 44.9 Å². The van der Waals surface area contributed by atoms with E-state index in [0.717, 1.165) is 17.4 Å². The fourth-order valence-electron chi connectivity index (χ4n) is 4.12. The minimum Gasteiger partial charge on any atom is -0.493 e. The SMILES string of the molecule is COc1cc2[nH]c(C(N)=O)cc2cc1OCCN1CCC2(CCSC2)CC1. The second kappa shape index (κ2) is 7.64. The van der Waals surface area contributed by atoms with Crippen LogP contribution < -0.4 is 15.2 Å². The summed E-state index contributed by atoms with van der Waals surface area (Å²) < 4.78 is 11.5. The molecule has 3 heterocycles. The highest BCUT2D eigenvalue weighted by Gasteiger charge is 2.37. The smallest absolute Gasteiger partial charge is 0.265 e. The number of hydrogen-bond donors (Lipinski definition) is 2. The summed E-state index contributed by atoms with van der Waals surface area (Å²) in [7, 11) is 1.62. The monoisotopic (exact) mass is 389 g/mol. The molecule has 146 valence electrons. The first-order chi connectivity index (χ1) is 13.1. The summed E-state index contributed by atoms with van der Waals surface area (Å²) in [4.78, 5) is 16.9. The van der Waals surface area contributed by atoms with Gasteiger partial charge in [0.2, 0.25) is 0 Å². The highest BCUT2D eigenvalue weighted by Crippen LogP contribution is 2.44. The Morgan fingerprint density at radius 1 is 1.26 bits per heavy atom. The predicted octanol–water partition coefficient (Wildman–Crippen LogP) is 2.87. The lowest BCUT2D eigenvalue weighted by atomic mass is 9.78. The van der Waals surface area contributed by atoms with Gasteiger partial charge in [-0.25, -0.2) is 0 Å². The lowest BCUT2D eigenvalue weighted by Gasteiger charge is -2.38. The minimum atomic E-state index is -0.476. The lowest BCUT2D eigenvalue weighted by molar-refractivity contribution is 0.0996. The normalized spacial score (nSPS) is 19.6. The highest BCUT2D eigenvalue weighted by atomic mass is 32.2. The molecule has 3 N–H and O–H groups in total. The Bertz CT molecular complexity index is 819. The van der Waals surface area contributed by atoms with Crippen molar-refractivity contribution in [3.63, 3.8) is 0 Å². The zero-order chi connectivity index (χ0) is 18.9. The Morgan fingerprint density at radius 3 is 2.74 bits per heavy atom. The van der Waals surface area contributed by atoms with Crippen molar-refractivity contribution in [1.82, 2.24) is 9.88 Å². The number of hydrogen-bond acceptors (Lipinski definition) is 5. The molecule has 1 spiro atoms. The minimum absolute atomic E-state index is 0.386. The Kier molecular flexibility index (Phi) is 5.23. The van der Waals surface area contributed by atoms with Gasteiger partial charge in [-0.05, 0) is 61.4 Å². The van der Waals surface area contributed by atoms with Crippen molar-refractivity contribution in [3.05, 3.63) is 23.9 Å². The van der Waals surface area contributed by atoms with E-state index in [4.69, 9.17) is 15.2 Å². The molecule has 2 aliphatic heterocycles. The van der Waals surface area contributed by atoms with E-state index in [1.54, 1.807) is 13.2 Å². The van der Waals surface area contributed by atoms with Crippen molar-refractivity contribution in [1.29, 1.82) is 0 Å². The molecule has 0 unspecified atom stereocenters. The molecular weight excluding hydrogens is 362 g/mol. The number of H-pyrrole nitrogens is 1. The van der Waals surface area contributed by atoms with Crippen LogP contribution in [-0.4, -0.2) is 60.6 Å². The average Bonchev–Trinajstić information content (AvgIpc) is 3.29. The first-order valence-electron chi connectivity index (χ1n) is 9.52. The summed E-state index contributed by atoms with van der Waals surface area (Å²) in [5.74, 6) is 3.55. The summed E-state index contributed by atoms with van der Waals surface area (Å²) in [6, 6.07) is 5.49. The van der Waals surface area contributed by atoms with Gasteiger partial charge in [0, 0.05) is 23.5 Å². The van der Waals surface area contributed by atoms with Crippen LogP contribution in [0.25, 0.3) is 10.9 Å². The molecule has 27 heavy (non-hydrogen) atoms. The Balaban J connectivity index is 1.36. The molecule has 1 aromatic carbocycles. The number of fused-ring (bicyclic) bond motifs is 1. The molecule has 2 aromatic rings. The zero-order valence-corrected chi connectivity index (χ0v) is 16.6. The molecule has 2 aliphatic rings. The number of nitrogens with zero attached hydrogens (tertiary/aromatic N) is 1. The molecule has 4 rings (SSSR count). The summed E-state index contributed by atoms with van der Waals surface area (Å²) in [6.45, 7) is 3.88. The number of benzene rings is 1. The Labute approximate surface area is 163 Å². The van der Waals surface area contributed by atoms with Gasteiger partial charge in [-0.2, -0.15) is 11.8 Å². The van der Waals surface area contributed by atoms with Crippen molar-refractivity contribution in [2.45, 2.75) is 19.3 Å². The number of amides is 1.